The number of carbonyl (C=O) groups excluding carboxylic acids is 1. The maximum atomic E-state index is 13.1. The second kappa shape index (κ2) is 7.42. The van der Waals surface area contributed by atoms with E-state index in [1.165, 1.54) is 5.56 Å². The Labute approximate surface area is 138 Å². The van der Waals surface area contributed by atoms with Crippen LogP contribution in [0.1, 0.15) is 32.7 Å². The molecule has 2 rings (SSSR count). The van der Waals surface area contributed by atoms with Crippen molar-refractivity contribution in [3.63, 3.8) is 0 Å². The number of benzene rings is 1. The molecule has 0 radical (unpaired) electrons. The Balaban J connectivity index is 2.28. The van der Waals surface area contributed by atoms with Crippen LogP contribution in [-0.4, -0.2) is 52.9 Å². The van der Waals surface area contributed by atoms with Gasteiger partial charge in [0.05, 0.1) is 18.6 Å². The summed E-state index contributed by atoms with van der Waals surface area (Å²) in [5.41, 5.74) is 5.01. The van der Waals surface area contributed by atoms with Gasteiger partial charge >= 0.3 is 0 Å². The van der Waals surface area contributed by atoms with Gasteiger partial charge in [0.1, 0.15) is 0 Å². The van der Waals surface area contributed by atoms with Gasteiger partial charge in [0.15, 0.2) is 0 Å². The van der Waals surface area contributed by atoms with E-state index in [0.717, 1.165) is 28.9 Å². The van der Waals surface area contributed by atoms with Gasteiger partial charge in [-0.25, -0.2) is 4.98 Å². The molecule has 0 unspecified atom stereocenters. The zero-order valence-electron chi connectivity index (χ0n) is 14.7. The highest BCUT2D eigenvalue weighted by atomic mass is 16.2. The number of likely N-dealkylation sites (N-methyl/N-ethyl adjacent to an activating group) is 1. The van der Waals surface area contributed by atoms with Crippen molar-refractivity contribution in [1.29, 1.82) is 0 Å². The van der Waals surface area contributed by atoms with Gasteiger partial charge in [0.25, 0.3) is 5.91 Å². The van der Waals surface area contributed by atoms with Gasteiger partial charge in [-0.05, 0) is 46.0 Å². The van der Waals surface area contributed by atoms with E-state index in [4.69, 9.17) is 0 Å². The molecule has 0 spiro atoms. The van der Waals surface area contributed by atoms with E-state index in [2.05, 4.69) is 33.9 Å². The number of carbonyl (C=O) groups is 1. The van der Waals surface area contributed by atoms with Crippen LogP contribution in [0.4, 0.5) is 0 Å². The lowest BCUT2D eigenvalue weighted by Crippen LogP contribution is -2.37. The van der Waals surface area contributed by atoms with Gasteiger partial charge in [-0.2, -0.15) is 0 Å². The lowest BCUT2D eigenvalue weighted by atomic mass is 9.98. The average molecular weight is 314 g/mol. The molecule has 1 N–H and O–H groups in total. The fourth-order valence-electron chi connectivity index (χ4n) is 2.83. The van der Waals surface area contributed by atoms with Gasteiger partial charge in [-0.15, -0.1) is 0 Å². The molecular weight excluding hydrogens is 288 g/mol. The molecule has 124 valence electrons. The second-order valence-electron chi connectivity index (χ2n) is 6.38. The van der Waals surface area contributed by atoms with E-state index < -0.39 is 0 Å². The quantitative estimate of drug-likeness (QED) is 0.891. The highest BCUT2D eigenvalue weighted by Gasteiger charge is 2.20. The van der Waals surface area contributed by atoms with Crippen LogP contribution in [0.2, 0.25) is 0 Å². The van der Waals surface area contributed by atoms with Crippen LogP contribution in [0.15, 0.2) is 24.7 Å². The highest BCUT2D eigenvalue weighted by Crippen LogP contribution is 2.19. The molecule has 2 aromatic rings. The highest BCUT2D eigenvalue weighted by molar-refractivity contribution is 5.97. The number of imidazole rings is 1. The summed E-state index contributed by atoms with van der Waals surface area (Å²) in [7, 11) is 4.03. The van der Waals surface area contributed by atoms with Crippen LogP contribution in [-0.2, 0) is 6.54 Å². The molecule has 23 heavy (non-hydrogen) atoms. The number of hydrogen-bond acceptors (Lipinski definition) is 3. The summed E-state index contributed by atoms with van der Waals surface area (Å²) in [4.78, 5) is 24.2. The van der Waals surface area contributed by atoms with Crippen molar-refractivity contribution < 1.29 is 4.79 Å². The molecule has 0 aliphatic carbocycles. The summed E-state index contributed by atoms with van der Waals surface area (Å²) in [5, 5.41) is 0. The number of nitrogens with one attached hydrogen (secondary N) is 1. The Morgan fingerprint density at radius 1 is 1.13 bits per heavy atom. The van der Waals surface area contributed by atoms with Crippen molar-refractivity contribution in [2.75, 3.05) is 27.2 Å². The van der Waals surface area contributed by atoms with Gasteiger partial charge in [0, 0.05) is 24.8 Å². The third kappa shape index (κ3) is 4.42. The molecule has 0 fully saturated rings. The first-order valence-electron chi connectivity index (χ1n) is 7.87. The summed E-state index contributed by atoms with van der Waals surface area (Å²) < 4.78 is 0. The van der Waals surface area contributed by atoms with Gasteiger partial charge < -0.3 is 14.8 Å². The van der Waals surface area contributed by atoms with E-state index in [-0.39, 0.29) is 5.91 Å². The Hall–Kier alpha value is -2.14. The molecule has 0 aliphatic heterocycles. The summed E-state index contributed by atoms with van der Waals surface area (Å²) in [6.45, 7) is 8.12. The Bertz CT molecular complexity index is 639. The molecule has 0 aliphatic rings. The lowest BCUT2D eigenvalue weighted by Gasteiger charge is -2.25. The maximum Gasteiger partial charge on any atom is 0.254 e. The van der Waals surface area contributed by atoms with Gasteiger partial charge in [0.2, 0.25) is 0 Å². The Morgan fingerprint density at radius 3 is 2.30 bits per heavy atom. The Morgan fingerprint density at radius 2 is 1.78 bits per heavy atom. The third-order valence-electron chi connectivity index (χ3n) is 3.91. The standard InChI is InChI=1S/C18H26N4O/c1-13-8-14(2)17(15(3)9-13)18(23)22(7-6-21(4)5)11-16-10-19-12-20-16/h8-10,12H,6-7,11H2,1-5H3,(H,19,20). The van der Waals surface area contributed by atoms with Crippen LogP contribution in [0, 0.1) is 20.8 Å². The van der Waals surface area contributed by atoms with E-state index in [1.54, 1.807) is 12.5 Å². The summed E-state index contributed by atoms with van der Waals surface area (Å²) in [6, 6.07) is 4.14. The first kappa shape index (κ1) is 17.2. The Kier molecular flexibility index (Phi) is 5.55. The van der Waals surface area contributed by atoms with Crippen molar-refractivity contribution in [2.45, 2.75) is 27.3 Å². The van der Waals surface area contributed by atoms with Gasteiger partial charge in [-0.3, -0.25) is 4.79 Å². The predicted molar refractivity (Wildman–Crippen MR) is 92.5 cm³/mol. The molecule has 0 atom stereocenters. The third-order valence-corrected chi connectivity index (χ3v) is 3.91. The zero-order chi connectivity index (χ0) is 17.0. The average Bonchev–Trinajstić information content (AvgIpc) is 2.94. The van der Waals surface area contributed by atoms with E-state index in [0.29, 0.717) is 13.1 Å². The molecule has 1 heterocycles. The summed E-state index contributed by atoms with van der Waals surface area (Å²) in [5.74, 6) is 0.0800. The van der Waals surface area contributed by atoms with E-state index in [1.807, 2.05) is 32.8 Å². The number of nitrogens with zero attached hydrogens (tertiary/aromatic N) is 3. The molecule has 0 saturated heterocycles. The van der Waals surface area contributed by atoms with E-state index in [9.17, 15) is 4.79 Å². The molecule has 1 aromatic carbocycles. The topological polar surface area (TPSA) is 52.2 Å². The molecule has 0 saturated carbocycles. The van der Waals surface area contributed by atoms with E-state index >= 15 is 0 Å². The number of rotatable bonds is 6. The largest absolute Gasteiger partial charge is 0.347 e. The molecule has 1 aromatic heterocycles. The number of aryl methyl sites for hydroxylation is 3. The summed E-state index contributed by atoms with van der Waals surface area (Å²) in [6.07, 6.45) is 3.41. The maximum absolute atomic E-state index is 13.1. The number of H-pyrrole nitrogens is 1. The minimum absolute atomic E-state index is 0.0800. The normalized spacial score (nSPS) is 11.0. The number of hydrogen-bond donors (Lipinski definition) is 1. The molecule has 0 bridgehead atoms. The van der Waals surface area contributed by atoms with Crippen molar-refractivity contribution in [2.24, 2.45) is 0 Å². The number of amides is 1. The van der Waals surface area contributed by atoms with Crippen LogP contribution in [0.25, 0.3) is 0 Å². The molecule has 1 amide bonds. The van der Waals surface area contributed by atoms with Crippen LogP contribution in [0.3, 0.4) is 0 Å². The monoisotopic (exact) mass is 314 g/mol. The summed E-state index contributed by atoms with van der Waals surface area (Å²) >= 11 is 0. The lowest BCUT2D eigenvalue weighted by molar-refractivity contribution is 0.0728. The first-order valence-corrected chi connectivity index (χ1v) is 7.87. The minimum atomic E-state index is 0.0800. The fourth-order valence-corrected chi connectivity index (χ4v) is 2.83. The fraction of sp³-hybridized carbons (Fsp3) is 0.444. The zero-order valence-corrected chi connectivity index (χ0v) is 14.7. The SMILES string of the molecule is Cc1cc(C)c(C(=O)N(CCN(C)C)Cc2cnc[nH]2)c(C)c1. The molecular formula is C18H26N4O. The van der Waals surface area contributed by atoms with Gasteiger partial charge in [-0.1, -0.05) is 17.7 Å². The molecule has 5 heteroatoms. The second-order valence-corrected chi connectivity index (χ2v) is 6.38. The van der Waals surface area contributed by atoms with Crippen molar-refractivity contribution in [3.8, 4) is 0 Å². The first-order chi connectivity index (χ1) is 10.9. The van der Waals surface area contributed by atoms with Crippen LogP contribution >= 0.6 is 0 Å². The van der Waals surface area contributed by atoms with Crippen LogP contribution in [0.5, 0.6) is 0 Å². The smallest absolute Gasteiger partial charge is 0.254 e. The van der Waals surface area contributed by atoms with Crippen molar-refractivity contribution >= 4 is 5.91 Å². The molecule has 5 nitrogen and oxygen atoms in total. The van der Waals surface area contributed by atoms with Crippen LogP contribution < -0.4 is 0 Å². The van der Waals surface area contributed by atoms with Crippen molar-refractivity contribution in [1.82, 2.24) is 19.8 Å². The number of aromatic nitrogens is 2. The number of aromatic amines is 1. The van der Waals surface area contributed by atoms with Crippen molar-refractivity contribution in [3.05, 3.63) is 52.6 Å². The minimum Gasteiger partial charge on any atom is -0.347 e. The predicted octanol–water partition coefficient (Wildman–Crippen LogP) is 2.54.